The summed E-state index contributed by atoms with van der Waals surface area (Å²) in [6.07, 6.45) is -0.678. The number of nitrogens with one attached hydrogen (secondary N) is 1. The normalized spacial score (nSPS) is 24.8. The Morgan fingerprint density at radius 2 is 2.00 bits per heavy atom. The Morgan fingerprint density at radius 3 is 2.66 bits per heavy atom. The third-order valence-corrected chi connectivity index (χ3v) is 5.91. The van der Waals surface area contributed by atoms with Gasteiger partial charge in [-0.1, -0.05) is 0 Å². The van der Waals surface area contributed by atoms with Gasteiger partial charge in [-0.25, -0.2) is 5.32 Å². The van der Waals surface area contributed by atoms with E-state index in [0.717, 1.165) is 16.6 Å². The van der Waals surface area contributed by atoms with Crippen LogP contribution in [0.3, 0.4) is 0 Å². The summed E-state index contributed by atoms with van der Waals surface area (Å²) < 4.78 is 1.76. The van der Waals surface area contributed by atoms with Crippen molar-refractivity contribution in [3.05, 3.63) is 18.2 Å². The van der Waals surface area contributed by atoms with Crippen LogP contribution in [0.15, 0.2) is 18.2 Å². The second-order valence-electron chi connectivity index (χ2n) is 7.97. The molecule has 0 bridgehead atoms. The number of nitrogens with zero attached hydrogens (tertiary/aromatic N) is 4. The molecule has 1 aromatic carbocycles. The summed E-state index contributed by atoms with van der Waals surface area (Å²) in [6.45, 7) is 1.64. The molecule has 2 aliphatic heterocycles. The quantitative estimate of drug-likeness (QED) is 0.468. The second-order valence-corrected chi connectivity index (χ2v) is 7.97. The van der Waals surface area contributed by atoms with Gasteiger partial charge in [-0.2, -0.15) is 5.10 Å². The fourth-order valence-electron chi connectivity index (χ4n) is 4.23. The highest BCUT2D eigenvalue weighted by molar-refractivity contribution is 5.93. The summed E-state index contributed by atoms with van der Waals surface area (Å²) in [4.78, 5) is 14.8. The first kappa shape index (κ1) is 19.9. The van der Waals surface area contributed by atoms with Crippen molar-refractivity contribution in [2.75, 3.05) is 29.4 Å². The molecule has 10 heteroatoms. The zero-order valence-corrected chi connectivity index (χ0v) is 16.3. The molecule has 29 heavy (non-hydrogen) atoms. The number of carboxylic acids is 1. The Kier molecular flexibility index (Phi) is 5.11. The van der Waals surface area contributed by atoms with E-state index in [1.165, 1.54) is 0 Å². The number of aliphatic hydroxyl groups is 3. The molecular weight excluding hydrogens is 378 g/mol. The van der Waals surface area contributed by atoms with E-state index in [0.29, 0.717) is 44.7 Å². The number of aryl methyl sites for hydroxylation is 1. The van der Waals surface area contributed by atoms with Crippen LogP contribution in [0.5, 0.6) is 0 Å². The average molecular weight is 405 g/mol. The molecule has 0 radical (unpaired) electrons. The van der Waals surface area contributed by atoms with Crippen LogP contribution in [0.25, 0.3) is 10.9 Å². The van der Waals surface area contributed by atoms with Gasteiger partial charge in [0.15, 0.2) is 12.2 Å². The van der Waals surface area contributed by atoms with Gasteiger partial charge < -0.3 is 30.2 Å². The number of aliphatic carboxylic acids is 1. The maximum absolute atomic E-state index is 11.0. The van der Waals surface area contributed by atoms with Crippen LogP contribution in [-0.2, 0) is 11.8 Å². The fraction of sp³-hybridized carbons (Fsp3) is 0.579. The molecule has 2 aromatic rings. The van der Waals surface area contributed by atoms with Crippen LogP contribution in [0.4, 0.5) is 11.5 Å². The minimum atomic E-state index is -1.14. The SMILES string of the molecule is Cn1nc(N2CCC(O)NC2O)c2ccc(N3CCC(O)(CC(=O)O)CC3)cc21. The molecule has 1 aromatic heterocycles. The van der Waals surface area contributed by atoms with Gasteiger partial charge in [0.2, 0.25) is 0 Å². The zero-order valence-electron chi connectivity index (χ0n) is 16.3. The molecule has 0 spiro atoms. The molecule has 2 unspecified atom stereocenters. The molecule has 3 heterocycles. The average Bonchev–Trinajstić information content (AvgIpc) is 2.97. The molecule has 2 saturated heterocycles. The Morgan fingerprint density at radius 1 is 1.28 bits per heavy atom. The van der Waals surface area contributed by atoms with Crippen molar-refractivity contribution >= 4 is 28.4 Å². The fourth-order valence-corrected chi connectivity index (χ4v) is 4.23. The van der Waals surface area contributed by atoms with Gasteiger partial charge in [-0.3, -0.25) is 9.48 Å². The number of benzene rings is 1. The number of anilines is 2. The highest BCUT2D eigenvalue weighted by atomic mass is 16.4. The van der Waals surface area contributed by atoms with E-state index in [9.17, 15) is 20.1 Å². The van der Waals surface area contributed by atoms with Gasteiger partial charge in [-0.15, -0.1) is 0 Å². The van der Waals surface area contributed by atoms with Crippen molar-refractivity contribution in [2.45, 2.75) is 43.9 Å². The Bertz CT molecular complexity index is 908. The summed E-state index contributed by atoms with van der Waals surface area (Å²) >= 11 is 0. The molecular formula is C19H27N5O5. The van der Waals surface area contributed by atoms with Crippen LogP contribution in [0.1, 0.15) is 25.7 Å². The van der Waals surface area contributed by atoms with E-state index in [1.54, 1.807) is 9.58 Å². The van der Waals surface area contributed by atoms with Crippen molar-refractivity contribution < 1.29 is 25.2 Å². The number of aromatic nitrogens is 2. The van der Waals surface area contributed by atoms with Crippen LogP contribution >= 0.6 is 0 Å². The number of hydrogen-bond acceptors (Lipinski definition) is 8. The highest BCUT2D eigenvalue weighted by Crippen LogP contribution is 2.33. The Hall–Kier alpha value is -2.40. The van der Waals surface area contributed by atoms with E-state index >= 15 is 0 Å². The standard InChI is InChI=1S/C19H27N5O5/c1-22-14-10-12(23-8-5-19(29,6-9-23)11-16(26)27)2-3-13(14)17(21-22)24-7-4-15(25)20-18(24)28/h2-3,10,15,18,20,25,28-29H,4-9,11H2,1H3,(H,26,27). The van der Waals surface area contributed by atoms with E-state index in [2.05, 4.69) is 15.3 Å². The molecule has 5 N–H and O–H groups in total. The van der Waals surface area contributed by atoms with Gasteiger partial charge in [0.05, 0.1) is 17.5 Å². The lowest BCUT2D eigenvalue weighted by atomic mass is 9.88. The summed E-state index contributed by atoms with van der Waals surface area (Å²) in [5.74, 6) is -0.331. The van der Waals surface area contributed by atoms with Gasteiger partial charge in [0, 0.05) is 44.2 Å². The largest absolute Gasteiger partial charge is 0.481 e. The first-order valence-corrected chi connectivity index (χ1v) is 9.80. The van der Waals surface area contributed by atoms with Crippen molar-refractivity contribution in [1.82, 2.24) is 15.1 Å². The van der Waals surface area contributed by atoms with Gasteiger partial charge in [0.25, 0.3) is 0 Å². The van der Waals surface area contributed by atoms with E-state index < -0.39 is 24.2 Å². The minimum Gasteiger partial charge on any atom is -0.481 e. The first-order valence-electron chi connectivity index (χ1n) is 9.80. The zero-order chi connectivity index (χ0) is 20.8. The molecule has 0 saturated carbocycles. The molecule has 0 amide bonds. The van der Waals surface area contributed by atoms with Crippen LogP contribution in [0.2, 0.25) is 0 Å². The van der Waals surface area contributed by atoms with Crippen molar-refractivity contribution in [1.29, 1.82) is 0 Å². The van der Waals surface area contributed by atoms with E-state index in [1.807, 2.05) is 25.2 Å². The maximum Gasteiger partial charge on any atom is 0.306 e. The number of aliphatic hydroxyl groups excluding tert-OH is 2. The van der Waals surface area contributed by atoms with Gasteiger partial charge in [0.1, 0.15) is 6.23 Å². The number of carbonyl (C=O) groups is 1. The maximum atomic E-state index is 11.0. The molecule has 2 fully saturated rings. The van der Waals surface area contributed by atoms with Crippen molar-refractivity contribution in [3.63, 3.8) is 0 Å². The predicted molar refractivity (Wildman–Crippen MR) is 106 cm³/mol. The molecule has 2 aliphatic rings. The number of rotatable bonds is 4. The van der Waals surface area contributed by atoms with Crippen LogP contribution < -0.4 is 15.1 Å². The molecule has 0 aliphatic carbocycles. The third-order valence-electron chi connectivity index (χ3n) is 5.91. The van der Waals surface area contributed by atoms with Gasteiger partial charge in [-0.05, 0) is 31.0 Å². The van der Waals surface area contributed by atoms with E-state index in [-0.39, 0.29) is 6.42 Å². The number of hydrogen-bond donors (Lipinski definition) is 5. The lowest BCUT2D eigenvalue weighted by Crippen LogP contribution is -2.56. The number of carboxylic acid groups (broad SMARTS) is 1. The summed E-state index contributed by atoms with van der Waals surface area (Å²) in [5, 5.41) is 47.5. The number of fused-ring (bicyclic) bond motifs is 1. The highest BCUT2D eigenvalue weighted by Gasteiger charge is 2.35. The topological polar surface area (TPSA) is 134 Å². The van der Waals surface area contributed by atoms with E-state index in [4.69, 9.17) is 5.11 Å². The molecule has 4 rings (SSSR count). The first-order chi connectivity index (χ1) is 13.8. The monoisotopic (exact) mass is 405 g/mol. The van der Waals surface area contributed by atoms with Crippen molar-refractivity contribution in [3.8, 4) is 0 Å². The molecule has 158 valence electrons. The molecule has 10 nitrogen and oxygen atoms in total. The summed E-state index contributed by atoms with van der Waals surface area (Å²) in [7, 11) is 1.84. The Labute approximate surface area is 167 Å². The van der Waals surface area contributed by atoms with Crippen LogP contribution in [0, 0.1) is 0 Å². The molecule has 2 atom stereocenters. The third kappa shape index (κ3) is 3.88. The summed E-state index contributed by atoms with van der Waals surface area (Å²) in [6, 6.07) is 5.96. The Balaban J connectivity index is 1.55. The van der Waals surface area contributed by atoms with Crippen LogP contribution in [-0.4, -0.2) is 74.0 Å². The lowest BCUT2D eigenvalue weighted by molar-refractivity contribution is -0.143. The van der Waals surface area contributed by atoms with Crippen molar-refractivity contribution in [2.24, 2.45) is 7.05 Å². The second kappa shape index (κ2) is 7.45. The minimum absolute atomic E-state index is 0.230. The smallest absolute Gasteiger partial charge is 0.306 e. The lowest BCUT2D eigenvalue weighted by Gasteiger charge is -2.38. The summed E-state index contributed by atoms with van der Waals surface area (Å²) in [5.41, 5.74) is 0.744. The predicted octanol–water partition coefficient (Wildman–Crippen LogP) is -0.227. The number of piperidine rings is 1. The van der Waals surface area contributed by atoms with Gasteiger partial charge >= 0.3 is 5.97 Å².